The maximum Gasteiger partial charge on any atom is 0.288 e. The first-order valence-electron chi connectivity index (χ1n) is 10.9. The van der Waals surface area contributed by atoms with E-state index in [0.29, 0.717) is 11.4 Å². The number of hydrogen-bond acceptors (Lipinski definition) is 13. The van der Waals surface area contributed by atoms with Gasteiger partial charge >= 0.3 is 0 Å². The van der Waals surface area contributed by atoms with Crippen LogP contribution in [0.2, 0.25) is 0 Å². The van der Waals surface area contributed by atoms with Crippen LogP contribution in [0.4, 0.5) is 5.13 Å². The Morgan fingerprint density at radius 3 is 2.95 bits per heavy atom. The summed E-state index contributed by atoms with van der Waals surface area (Å²) in [5.74, 6) is -2.05. The molecule has 3 aromatic heterocycles. The van der Waals surface area contributed by atoms with Crippen molar-refractivity contribution in [3.8, 4) is 0 Å². The number of carboxylic acid groups (broad SMARTS) is 1. The number of nitrogens with two attached hydrogens (primary N) is 1. The first-order chi connectivity index (χ1) is 17.8. The van der Waals surface area contributed by atoms with E-state index in [4.69, 9.17) is 10.6 Å². The van der Waals surface area contributed by atoms with Crippen LogP contribution in [0.3, 0.4) is 0 Å². The number of thiazole rings is 1. The lowest BCUT2D eigenvalue weighted by atomic mass is 10.0. The second kappa shape index (κ2) is 10.1. The van der Waals surface area contributed by atoms with E-state index >= 15 is 0 Å². The van der Waals surface area contributed by atoms with E-state index in [2.05, 4.69) is 19.8 Å². The van der Waals surface area contributed by atoms with Crippen LogP contribution in [-0.2, 0) is 32.4 Å². The molecule has 0 aromatic carbocycles. The van der Waals surface area contributed by atoms with Crippen molar-refractivity contribution in [2.75, 3.05) is 18.1 Å². The van der Waals surface area contributed by atoms with Crippen LogP contribution < -0.4 is 20.7 Å². The maximum absolute atomic E-state index is 13.0. The molecule has 4 N–H and O–H groups in total. The number of carbonyl (C=O) groups is 3. The first-order valence-corrected chi connectivity index (χ1v) is 13.6. The Hall–Kier alpha value is -3.54. The highest BCUT2D eigenvalue weighted by Gasteiger charge is 2.53. The molecule has 1 saturated heterocycles. The normalized spacial score (nSPS) is 19.7. The van der Waals surface area contributed by atoms with E-state index in [0.717, 1.165) is 21.3 Å². The summed E-state index contributed by atoms with van der Waals surface area (Å²) < 4.78 is 7.53. The monoisotopic (exact) mass is 564 g/mol. The van der Waals surface area contributed by atoms with Gasteiger partial charge in [-0.1, -0.05) is 16.5 Å². The summed E-state index contributed by atoms with van der Waals surface area (Å²) in [7, 11) is 0. The SMILES string of the molecule is CCO/N=C(\C(=O)N[C@@H]1C(=O)N2C(C(=O)[O-])=C(C[n+]3cc4sccn4c3CO)CS[C@H]12)c1nsc(N)n1. The number of imidazole rings is 1. The molecular formula is C20H20N8O6S3. The summed E-state index contributed by atoms with van der Waals surface area (Å²) >= 11 is 3.66. The van der Waals surface area contributed by atoms with Gasteiger partial charge < -0.3 is 30.9 Å². The van der Waals surface area contributed by atoms with Gasteiger partial charge in [-0.25, -0.2) is 4.57 Å². The summed E-state index contributed by atoms with van der Waals surface area (Å²) in [6.07, 6.45) is 3.62. The van der Waals surface area contributed by atoms with Crippen LogP contribution in [0.5, 0.6) is 0 Å². The first kappa shape index (κ1) is 25.1. The van der Waals surface area contributed by atoms with Crippen LogP contribution >= 0.6 is 34.6 Å². The van der Waals surface area contributed by atoms with Gasteiger partial charge in [0.25, 0.3) is 17.6 Å². The fraction of sp³-hybridized carbons (Fsp3) is 0.350. The zero-order valence-electron chi connectivity index (χ0n) is 19.2. The van der Waals surface area contributed by atoms with Gasteiger partial charge in [-0.2, -0.15) is 13.8 Å². The van der Waals surface area contributed by atoms with Gasteiger partial charge in [-0.05, 0) is 6.92 Å². The molecule has 14 nitrogen and oxygen atoms in total. The van der Waals surface area contributed by atoms with Gasteiger partial charge in [-0.3, -0.25) is 14.5 Å². The van der Waals surface area contributed by atoms with Gasteiger partial charge in [-0.15, -0.1) is 11.8 Å². The number of aliphatic hydroxyl groups excluding tert-OH is 1. The largest absolute Gasteiger partial charge is 0.543 e. The Morgan fingerprint density at radius 2 is 2.27 bits per heavy atom. The van der Waals surface area contributed by atoms with Gasteiger partial charge in [0.2, 0.25) is 16.4 Å². The molecule has 2 aliphatic rings. The lowest BCUT2D eigenvalue weighted by Gasteiger charge is -2.50. The number of aliphatic hydroxyl groups is 1. The molecule has 2 atom stereocenters. The zero-order valence-corrected chi connectivity index (χ0v) is 21.6. The van der Waals surface area contributed by atoms with Crippen LogP contribution in [0.1, 0.15) is 18.6 Å². The van der Waals surface area contributed by atoms with E-state index in [1.165, 1.54) is 23.1 Å². The molecule has 0 bridgehead atoms. The minimum atomic E-state index is -1.49. The molecule has 0 spiro atoms. The zero-order chi connectivity index (χ0) is 26.3. The minimum absolute atomic E-state index is 0.0461. The van der Waals surface area contributed by atoms with E-state index in [1.807, 2.05) is 22.2 Å². The third-order valence-electron chi connectivity index (χ3n) is 5.70. The second-order valence-electron chi connectivity index (χ2n) is 7.86. The average molecular weight is 565 g/mol. The number of nitrogens with one attached hydrogen (secondary N) is 1. The quantitative estimate of drug-likeness (QED) is 0.114. The fourth-order valence-corrected chi connectivity index (χ4v) is 6.66. The molecule has 0 radical (unpaired) electrons. The van der Waals surface area contributed by atoms with Crippen LogP contribution in [0, 0.1) is 0 Å². The Labute approximate surface area is 221 Å². The predicted molar refractivity (Wildman–Crippen MR) is 131 cm³/mol. The highest BCUT2D eigenvalue weighted by Crippen LogP contribution is 2.40. The third kappa shape index (κ3) is 4.43. The molecule has 1 fully saturated rings. The molecule has 17 heteroatoms. The number of carboxylic acids is 1. The van der Waals surface area contributed by atoms with Gasteiger partial charge in [0.05, 0.1) is 11.7 Å². The number of thioether (sulfide) groups is 1. The minimum Gasteiger partial charge on any atom is -0.543 e. The van der Waals surface area contributed by atoms with E-state index < -0.39 is 29.2 Å². The number of aliphatic carboxylic acids is 1. The lowest BCUT2D eigenvalue weighted by Crippen LogP contribution is -2.71. The molecule has 0 saturated carbocycles. The number of hydrogen-bond donors (Lipinski definition) is 3. The number of anilines is 1. The number of amides is 2. The van der Waals surface area contributed by atoms with Crippen molar-refractivity contribution in [1.29, 1.82) is 0 Å². The molecule has 2 amide bonds. The number of fused-ring (bicyclic) bond motifs is 2. The lowest BCUT2D eigenvalue weighted by molar-refractivity contribution is -0.696. The van der Waals surface area contributed by atoms with E-state index in [9.17, 15) is 24.6 Å². The van der Waals surface area contributed by atoms with Gasteiger partial charge in [0.15, 0.2) is 5.13 Å². The number of aromatic nitrogens is 4. The van der Waals surface area contributed by atoms with Crippen molar-refractivity contribution in [2.24, 2.45) is 5.16 Å². The van der Waals surface area contributed by atoms with Crippen molar-refractivity contribution in [3.05, 3.63) is 40.7 Å². The van der Waals surface area contributed by atoms with Crippen LogP contribution in [0.15, 0.2) is 34.2 Å². The molecule has 2 aliphatic heterocycles. The smallest absolute Gasteiger partial charge is 0.288 e. The molecule has 5 heterocycles. The topological polar surface area (TPSA) is 191 Å². The highest BCUT2D eigenvalue weighted by atomic mass is 32.2. The number of nitrogen functional groups attached to an aromatic ring is 1. The van der Waals surface area contributed by atoms with Crippen molar-refractivity contribution in [3.63, 3.8) is 0 Å². The Kier molecular flexibility index (Phi) is 6.84. The summed E-state index contributed by atoms with van der Waals surface area (Å²) in [5.41, 5.74) is 5.58. The van der Waals surface area contributed by atoms with Crippen molar-refractivity contribution < 1.29 is 34.0 Å². The van der Waals surface area contributed by atoms with E-state index in [1.54, 1.807) is 11.5 Å². The standard InChI is InChI=1S/C20H20N8O6S3/c1-2-34-24-12(15-23-20(21)37-25-15)16(30)22-13-17(31)28-14(19(32)33)9(8-36-18(13)28)5-26-6-11-27(3-4-35-11)10(26)7-29/h3-4,6,13,18,29H,2,5,7-8H2,1H3,(H3-,21,22,23,25,30,32,33)/b24-12-/t13-,18-/m1/s1. The highest BCUT2D eigenvalue weighted by molar-refractivity contribution is 8.00. The number of oxime groups is 1. The van der Waals surface area contributed by atoms with Gasteiger partial charge in [0.1, 0.15) is 43.6 Å². The van der Waals surface area contributed by atoms with Crippen molar-refractivity contribution in [2.45, 2.75) is 31.5 Å². The molecule has 0 aliphatic carbocycles. The van der Waals surface area contributed by atoms with E-state index in [-0.39, 0.29) is 47.9 Å². The Bertz CT molecular complexity index is 1460. The summed E-state index contributed by atoms with van der Waals surface area (Å²) in [5, 5.41) is 29.7. The van der Waals surface area contributed by atoms with Crippen molar-refractivity contribution in [1.82, 2.24) is 24.0 Å². The van der Waals surface area contributed by atoms with Gasteiger partial charge in [0, 0.05) is 28.2 Å². The number of nitrogens with zero attached hydrogens (tertiary/aromatic N) is 6. The third-order valence-corrected chi connectivity index (χ3v) is 8.38. The molecule has 3 aromatic rings. The van der Waals surface area contributed by atoms with Crippen molar-refractivity contribution >= 4 is 68.1 Å². The molecule has 37 heavy (non-hydrogen) atoms. The van der Waals surface area contributed by atoms with Crippen LogP contribution in [0.25, 0.3) is 4.83 Å². The fourth-order valence-electron chi connectivity index (χ4n) is 4.10. The second-order valence-corrected chi connectivity index (χ2v) is 10.7. The maximum atomic E-state index is 13.0. The number of carbonyl (C=O) groups excluding carboxylic acids is 3. The molecule has 5 rings (SSSR count). The average Bonchev–Trinajstić information content (AvgIpc) is 3.58. The Morgan fingerprint density at radius 1 is 1.46 bits per heavy atom. The summed E-state index contributed by atoms with van der Waals surface area (Å²) in [6.45, 7) is 1.76. The van der Waals surface area contributed by atoms with Crippen LogP contribution in [-0.4, -0.2) is 71.0 Å². The Balaban J connectivity index is 1.37. The predicted octanol–water partition coefficient (Wildman–Crippen LogP) is -1.94. The summed E-state index contributed by atoms with van der Waals surface area (Å²) in [6, 6.07) is -1.00. The molecule has 0 unspecified atom stereocenters. The number of β-lactam (4-membered cyclic amide) rings is 1. The number of rotatable bonds is 9. The molecule has 194 valence electrons. The molecular weight excluding hydrogens is 544 g/mol. The summed E-state index contributed by atoms with van der Waals surface area (Å²) in [4.78, 5) is 49.1.